The number of carboxylic acids is 1. The zero-order valence-electron chi connectivity index (χ0n) is 31.0. The summed E-state index contributed by atoms with van der Waals surface area (Å²) in [7, 11) is 0. The van der Waals surface area contributed by atoms with Crippen LogP contribution in [0.15, 0.2) is 143 Å². The molecule has 0 unspecified atom stereocenters. The van der Waals surface area contributed by atoms with Gasteiger partial charge in [-0.3, -0.25) is 9.59 Å². The first kappa shape index (κ1) is 38.7. The molecule has 286 valence electrons. The molecule has 9 nitrogen and oxygen atoms in total. The molecule has 1 amide bonds. The number of aliphatic hydroxyl groups excluding tert-OH is 1. The van der Waals surface area contributed by atoms with E-state index in [2.05, 4.69) is 12.2 Å². The average molecular weight is 769 g/mol. The maximum Gasteiger partial charge on any atom is 0.303 e. The van der Waals surface area contributed by atoms with Crippen molar-refractivity contribution in [3.63, 3.8) is 0 Å². The van der Waals surface area contributed by atoms with Gasteiger partial charge in [0.2, 0.25) is 5.91 Å². The molecule has 5 aromatic carbocycles. The fourth-order valence-electron chi connectivity index (χ4n) is 6.79. The summed E-state index contributed by atoms with van der Waals surface area (Å²) in [6, 6.07) is 44.1. The van der Waals surface area contributed by atoms with E-state index in [1.807, 2.05) is 133 Å². The van der Waals surface area contributed by atoms with Crippen LogP contribution in [-0.2, 0) is 32.2 Å². The first-order chi connectivity index (χ1) is 27.3. The number of rotatable bonds is 15. The normalized spacial score (nSPS) is 18.0. The van der Waals surface area contributed by atoms with E-state index < -0.39 is 12.3 Å². The van der Waals surface area contributed by atoms with Gasteiger partial charge in [-0.2, -0.15) is 0 Å². The van der Waals surface area contributed by atoms with Gasteiger partial charge in [0, 0.05) is 47.7 Å². The third-order valence-electron chi connectivity index (χ3n) is 9.91. The predicted octanol–water partition coefficient (Wildman–Crippen LogP) is 9.62. The Kier molecular flexibility index (Phi) is 12.7. The van der Waals surface area contributed by atoms with Gasteiger partial charge >= 0.3 is 5.97 Å². The van der Waals surface area contributed by atoms with Crippen molar-refractivity contribution in [1.82, 2.24) is 10.3 Å². The maximum absolute atomic E-state index is 12.2. The summed E-state index contributed by atoms with van der Waals surface area (Å²) >= 11 is 1.53. The lowest BCUT2D eigenvalue weighted by atomic mass is 9.91. The molecule has 0 spiro atoms. The lowest BCUT2D eigenvalue weighted by Gasteiger charge is -2.41. The van der Waals surface area contributed by atoms with E-state index >= 15 is 0 Å². The highest BCUT2D eigenvalue weighted by Gasteiger charge is 2.38. The summed E-state index contributed by atoms with van der Waals surface area (Å²) in [4.78, 5) is 27.9. The SMILES string of the molecule is C[C@H]1[C@@H](CSc2nc(-c3ccccc3)c(-c3ccccc3)o2)O[C@@H](c2ccc(-c3cccc(CNC(=O)CCCC(=O)O)c3)cc2)O[C@H]1c1ccc(CO)cc1. The average Bonchev–Trinajstić information content (AvgIpc) is 3.68. The Hall–Kier alpha value is -5.52. The lowest BCUT2D eigenvalue weighted by molar-refractivity contribution is -0.268. The third kappa shape index (κ3) is 9.64. The second-order valence-corrected chi connectivity index (χ2v) is 14.8. The minimum absolute atomic E-state index is 0.0180. The van der Waals surface area contributed by atoms with Gasteiger partial charge in [0.05, 0.1) is 18.8 Å². The Balaban J connectivity index is 1.09. The molecule has 0 aliphatic carbocycles. The number of aromatic nitrogens is 1. The van der Waals surface area contributed by atoms with E-state index in [4.69, 9.17) is 24.0 Å². The van der Waals surface area contributed by atoms with Crippen LogP contribution in [0.2, 0.25) is 0 Å². The Morgan fingerprint density at radius 1 is 0.732 bits per heavy atom. The standard InChI is InChI=1S/C46H44N2O7S/c1-30-39(29-56-46-48-42(34-11-4-2-5-12-34)44(55-46)35-13-6-3-7-14-35)53-45(54-43(30)36-20-18-31(28-49)19-21-36)37-24-22-33(23-25-37)38-15-8-10-32(26-38)27-47-40(50)16-9-17-41(51)52/h2-8,10-15,18-26,30,39,43,45,49H,9,16-17,27-29H2,1H3,(H,47,50)(H,51,52)/t30-,39+,43+,45+/m0/s1. The number of aliphatic hydroxyl groups is 1. The molecule has 1 aliphatic heterocycles. The number of benzene rings is 5. The van der Waals surface area contributed by atoms with E-state index in [0.29, 0.717) is 23.9 Å². The summed E-state index contributed by atoms with van der Waals surface area (Å²) < 4.78 is 19.9. The molecule has 7 rings (SSSR count). The van der Waals surface area contributed by atoms with Crippen molar-refractivity contribution in [2.75, 3.05) is 5.75 Å². The first-order valence-corrected chi connectivity index (χ1v) is 19.8. The molecular weight excluding hydrogens is 725 g/mol. The molecule has 0 radical (unpaired) electrons. The molecule has 1 aromatic heterocycles. The van der Waals surface area contributed by atoms with Crippen LogP contribution >= 0.6 is 11.8 Å². The van der Waals surface area contributed by atoms with Gasteiger partial charge in [0.15, 0.2) is 12.1 Å². The van der Waals surface area contributed by atoms with Gasteiger partial charge in [-0.25, -0.2) is 4.98 Å². The van der Waals surface area contributed by atoms with Crippen molar-refractivity contribution >= 4 is 23.6 Å². The molecule has 3 N–H and O–H groups in total. The quantitative estimate of drug-likeness (QED) is 0.0875. The molecule has 4 atom stereocenters. The molecule has 1 aliphatic rings. The first-order valence-electron chi connectivity index (χ1n) is 18.8. The molecule has 1 fully saturated rings. The van der Waals surface area contributed by atoms with Crippen molar-refractivity contribution in [3.05, 3.63) is 156 Å². The van der Waals surface area contributed by atoms with Gasteiger partial charge in [0.1, 0.15) is 5.69 Å². The summed E-state index contributed by atoms with van der Waals surface area (Å²) in [6.45, 7) is 2.46. The van der Waals surface area contributed by atoms with Crippen molar-refractivity contribution in [2.45, 2.75) is 63.1 Å². The second-order valence-electron chi connectivity index (χ2n) is 13.9. The van der Waals surface area contributed by atoms with Crippen LogP contribution in [-0.4, -0.2) is 38.9 Å². The number of carbonyl (C=O) groups excluding carboxylic acids is 1. The Morgan fingerprint density at radius 2 is 1.41 bits per heavy atom. The second kappa shape index (κ2) is 18.4. The maximum atomic E-state index is 12.2. The summed E-state index contributed by atoms with van der Waals surface area (Å²) in [5.74, 6) is 0.212. The number of aliphatic carboxylic acids is 1. The molecule has 2 heterocycles. The highest BCUT2D eigenvalue weighted by Crippen LogP contribution is 2.44. The minimum Gasteiger partial charge on any atom is -0.481 e. The predicted molar refractivity (Wildman–Crippen MR) is 216 cm³/mol. The van der Waals surface area contributed by atoms with Gasteiger partial charge in [0.25, 0.3) is 5.22 Å². The molecule has 0 saturated carbocycles. The van der Waals surface area contributed by atoms with Crippen molar-refractivity contribution in [3.8, 4) is 33.7 Å². The van der Waals surface area contributed by atoms with Gasteiger partial charge in [-0.1, -0.05) is 146 Å². The smallest absolute Gasteiger partial charge is 0.303 e. The van der Waals surface area contributed by atoms with E-state index in [1.165, 1.54) is 11.8 Å². The Morgan fingerprint density at radius 3 is 2.11 bits per heavy atom. The topological polar surface area (TPSA) is 131 Å². The van der Waals surface area contributed by atoms with Gasteiger partial charge < -0.3 is 29.4 Å². The van der Waals surface area contributed by atoms with Crippen molar-refractivity contribution in [2.24, 2.45) is 5.92 Å². The van der Waals surface area contributed by atoms with E-state index in [0.717, 1.165) is 56.0 Å². The highest BCUT2D eigenvalue weighted by molar-refractivity contribution is 7.99. The van der Waals surface area contributed by atoms with Crippen LogP contribution in [0.5, 0.6) is 0 Å². The zero-order chi connectivity index (χ0) is 38.9. The van der Waals surface area contributed by atoms with Crippen LogP contribution in [0.4, 0.5) is 0 Å². The molecular formula is C46H44N2O7S. The largest absolute Gasteiger partial charge is 0.481 e. The number of carbonyl (C=O) groups is 2. The fourth-order valence-corrected chi connectivity index (χ4v) is 7.77. The van der Waals surface area contributed by atoms with Crippen molar-refractivity contribution < 1.29 is 33.7 Å². The van der Waals surface area contributed by atoms with Crippen LogP contribution in [0, 0.1) is 5.92 Å². The number of oxazole rings is 1. The van der Waals surface area contributed by atoms with Gasteiger partial charge in [-0.05, 0) is 40.3 Å². The fraction of sp³-hybridized carbons (Fsp3) is 0.239. The Bertz CT molecular complexity index is 2150. The number of thioether (sulfide) groups is 1. The van der Waals surface area contributed by atoms with Crippen LogP contribution in [0.3, 0.4) is 0 Å². The molecule has 0 bridgehead atoms. The van der Waals surface area contributed by atoms with Crippen LogP contribution < -0.4 is 5.32 Å². The van der Waals surface area contributed by atoms with Gasteiger partial charge in [-0.15, -0.1) is 0 Å². The lowest BCUT2D eigenvalue weighted by Crippen LogP contribution is -2.38. The number of amides is 1. The number of nitrogens with one attached hydrogen (secondary N) is 1. The molecule has 56 heavy (non-hydrogen) atoms. The third-order valence-corrected chi connectivity index (χ3v) is 10.8. The minimum atomic E-state index is -0.905. The number of ether oxygens (including phenoxy) is 2. The molecule has 10 heteroatoms. The van der Waals surface area contributed by atoms with E-state index in [-0.39, 0.29) is 43.5 Å². The number of hydrogen-bond donors (Lipinski definition) is 3. The monoisotopic (exact) mass is 768 g/mol. The number of carboxylic acid groups (broad SMARTS) is 1. The number of hydrogen-bond acceptors (Lipinski definition) is 8. The van der Waals surface area contributed by atoms with E-state index in [1.54, 1.807) is 0 Å². The highest BCUT2D eigenvalue weighted by atomic mass is 32.2. The van der Waals surface area contributed by atoms with Crippen LogP contribution in [0.25, 0.3) is 33.7 Å². The van der Waals surface area contributed by atoms with E-state index in [9.17, 15) is 14.7 Å². The van der Waals surface area contributed by atoms with Crippen LogP contribution in [0.1, 0.15) is 60.8 Å². The molecule has 6 aromatic rings. The van der Waals surface area contributed by atoms with Crippen molar-refractivity contribution in [1.29, 1.82) is 0 Å². The summed E-state index contributed by atoms with van der Waals surface area (Å²) in [6.07, 6.45) is -0.669. The number of nitrogens with zero attached hydrogens (tertiary/aromatic N) is 1. The summed E-state index contributed by atoms with van der Waals surface area (Å²) in [5, 5.41) is 22.0. The Labute approximate surface area is 330 Å². The molecule has 1 saturated heterocycles. The summed E-state index contributed by atoms with van der Waals surface area (Å²) in [5.41, 5.74) is 8.41. The zero-order valence-corrected chi connectivity index (χ0v) is 31.9.